The van der Waals surface area contributed by atoms with Gasteiger partial charge in [-0.1, -0.05) is 23.7 Å². The van der Waals surface area contributed by atoms with Crippen LogP contribution in [0.25, 0.3) is 33.7 Å². The summed E-state index contributed by atoms with van der Waals surface area (Å²) in [5.74, 6) is 0.618. The molecule has 0 unspecified atom stereocenters. The van der Waals surface area contributed by atoms with Gasteiger partial charge in [-0.25, -0.2) is 14.3 Å². The zero-order valence-corrected chi connectivity index (χ0v) is 18.3. The first-order valence-corrected chi connectivity index (χ1v) is 10.7. The van der Waals surface area contributed by atoms with Crippen LogP contribution in [0.2, 0.25) is 5.15 Å². The largest absolute Gasteiger partial charge is 0.497 e. The predicted molar refractivity (Wildman–Crippen MR) is 127 cm³/mol. The van der Waals surface area contributed by atoms with E-state index in [1.54, 1.807) is 42.0 Å². The van der Waals surface area contributed by atoms with Crippen LogP contribution in [0.5, 0.6) is 5.75 Å². The summed E-state index contributed by atoms with van der Waals surface area (Å²) >= 11 is 7.84. The lowest BCUT2D eigenvalue weighted by atomic mass is 10.1. The Morgan fingerprint density at radius 2 is 1.69 bits per heavy atom. The van der Waals surface area contributed by atoms with Crippen molar-refractivity contribution in [2.45, 2.75) is 0 Å². The molecule has 5 rings (SSSR count). The Labute approximate surface area is 190 Å². The molecule has 0 aliphatic rings. The van der Waals surface area contributed by atoms with Crippen LogP contribution in [0.4, 0.5) is 5.13 Å². The predicted octanol–water partition coefficient (Wildman–Crippen LogP) is 3.84. The van der Waals surface area contributed by atoms with E-state index in [1.165, 1.54) is 11.3 Å². The number of halogens is 1. The maximum absolute atomic E-state index is 13.4. The highest BCUT2D eigenvalue weighted by Crippen LogP contribution is 2.28. The number of anilines is 1. The van der Waals surface area contributed by atoms with Gasteiger partial charge >= 0.3 is 5.69 Å². The number of rotatable bonds is 4. The number of nitrogens with zero attached hydrogens (tertiary/aromatic N) is 3. The van der Waals surface area contributed by atoms with Gasteiger partial charge in [0, 0.05) is 16.6 Å². The molecule has 3 aromatic heterocycles. The zero-order valence-electron chi connectivity index (χ0n) is 16.7. The Hall–Kier alpha value is -3.82. The van der Waals surface area contributed by atoms with Gasteiger partial charge in [0.15, 0.2) is 5.13 Å². The maximum Gasteiger partial charge on any atom is 0.333 e. The molecule has 32 heavy (non-hydrogen) atoms. The number of hydrogen-bond donors (Lipinski definition) is 2. The number of fused-ring (bicyclic) bond motifs is 1. The first-order valence-electron chi connectivity index (χ1n) is 9.49. The van der Waals surface area contributed by atoms with Crippen LogP contribution in [0, 0.1) is 0 Å². The molecule has 0 atom stereocenters. The van der Waals surface area contributed by atoms with E-state index in [1.807, 2.05) is 29.6 Å². The standard InChI is InChI=1S/C22H16ClN5O3S/c1-31-15-8-6-14(7-9-15)28-20(29)19-16(26-22(28)30)10-18(23)27(19)13-4-2-12(3-5-13)17-11-32-21(24)25-17/h2-11H,1H3,(H2,24,25)(H,26,30). The quantitative estimate of drug-likeness (QED) is 0.419. The second-order valence-corrected chi connectivity index (χ2v) is 8.23. The minimum absolute atomic E-state index is 0.260. The Balaban J connectivity index is 1.68. The van der Waals surface area contributed by atoms with Gasteiger partial charge in [0.2, 0.25) is 0 Å². The minimum Gasteiger partial charge on any atom is -0.497 e. The van der Waals surface area contributed by atoms with Crippen LogP contribution in [-0.4, -0.2) is 26.2 Å². The van der Waals surface area contributed by atoms with Gasteiger partial charge in [-0.05, 0) is 42.5 Å². The summed E-state index contributed by atoms with van der Waals surface area (Å²) in [7, 11) is 1.55. The minimum atomic E-state index is -0.557. The second-order valence-electron chi connectivity index (χ2n) is 6.95. The molecule has 8 nitrogen and oxygen atoms in total. The van der Waals surface area contributed by atoms with E-state index in [9.17, 15) is 9.59 Å². The van der Waals surface area contributed by atoms with Gasteiger partial charge in [-0.3, -0.25) is 9.36 Å². The second kappa shape index (κ2) is 7.70. The van der Waals surface area contributed by atoms with Crippen molar-refractivity contribution in [3.63, 3.8) is 0 Å². The van der Waals surface area contributed by atoms with E-state index in [0.29, 0.717) is 32.9 Å². The Kier molecular flexibility index (Phi) is 4.84. The SMILES string of the molecule is COc1ccc(-n2c(=O)[nH]c3cc(Cl)n(-c4ccc(-c5csc(N)n5)cc4)c3c2=O)cc1. The summed E-state index contributed by atoms with van der Waals surface area (Å²) in [5.41, 5.74) is 8.04. The van der Waals surface area contributed by atoms with Gasteiger partial charge in [-0.2, -0.15) is 0 Å². The number of benzene rings is 2. The lowest BCUT2D eigenvalue weighted by Crippen LogP contribution is -2.34. The van der Waals surface area contributed by atoms with Crippen molar-refractivity contribution in [3.05, 3.63) is 86.0 Å². The van der Waals surface area contributed by atoms with Crippen molar-refractivity contribution in [1.29, 1.82) is 0 Å². The van der Waals surface area contributed by atoms with Gasteiger partial charge in [0.25, 0.3) is 5.56 Å². The molecule has 3 N–H and O–H groups in total. The fourth-order valence-corrected chi connectivity index (χ4v) is 4.44. The first kappa shape index (κ1) is 20.1. The molecular weight excluding hydrogens is 450 g/mol. The van der Waals surface area contributed by atoms with E-state index < -0.39 is 11.2 Å². The Morgan fingerprint density at radius 1 is 1.03 bits per heavy atom. The molecule has 0 fully saturated rings. The first-order chi connectivity index (χ1) is 15.5. The highest BCUT2D eigenvalue weighted by Gasteiger charge is 2.18. The van der Waals surface area contributed by atoms with Crippen molar-refractivity contribution in [2.75, 3.05) is 12.8 Å². The average Bonchev–Trinajstić information content (AvgIpc) is 3.37. The Morgan fingerprint density at radius 3 is 2.31 bits per heavy atom. The van der Waals surface area contributed by atoms with Gasteiger partial charge in [0.1, 0.15) is 16.4 Å². The van der Waals surface area contributed by atoms with E-state index in [-0.39, 0.29) is 5.52 Å². The molecule has 3 heterocycles. The Bertz CT molecular complexity index is 1560. The summed E-state index contributed by atoms with van der Waals surface area (Å²) < 4.78 is 7.83. The molecule has 0 saturated carbocycles. The molecule has 160 valence electrons. The monoisotopic (exact) mass is 465 g/mol. The van der Waals surface area contributed by atoms with E-state index in [4.69, 9.17) is 22.1 Å². The third kappa shape index (κ3) is 3.28. The molecule has 0 aliphatic heterocycles. The summed E-state index contributed by atoms with van der Waals surface area (Å²) in [6, 6.07) is 15.6. The number of thiazole rings is 1. The van der Waals surface area contributed by atoms with Crippen molar-refractivity contribution >= 4 is 39.1 Å². The van der Waals surface area contributed by atoms with Crippen LogP contribution in [0.15, 0.2) is 69.6 Å². The molecule has 0 radical (unpaired) electrons. The lowest BCUT2D eigenvalue weighted by Gasteiger charge is -2.10. The van der Waals surface area contributed by atoms with Crippen LogP contribution in [-0.2, 0) is 0 Å². The molecule has 5 aromatic rings. The smallest absolute Gasteiger partial charge is 0.333 e. The lowest BCUT2D eigenvalue weighted by molar-refractivity contribution is 0.414. The molecule has 0 amide bonds. The molecule has 0 aliphatic carbocycles. The summed E-state index contributed by atoms with van der Waals surface area (Å²) in [6.07, 6.45) is 0. The van der Waals surface area contributed by atoms with E-state index in [0.717, 1.165) is 15.8 Å². The number of aromatic amines is 1. The number of aromatic nitrogens is 4. The van der Waals surface area contributed by atoms with Gasteiger partial charge in [-0.15, -0.1) is 11.3 Å². The molecule has 0 spiro atoms. The number of ether oxygens (including phenoxy) is 1. The highest BCUT2D eigenvalue weighted by molar-refractivity contribution is 7.13. The van der Waals surface area contributed by atoms with Crippen molar-refractivity contribution < 1.29 is 4.74 Å². The summed E-state index contributed by atoms with van der Waals surface area (Å²) in [6.45, 7) is 0. The molecule has 0 saturated heterocycles. The molecule has 0 bridgehead atoms. The molecular formula is C22H16ClN5O3S. The van der Waals surface area contributed by atoms with Crippen LogP contribution >= 0.6 is 22.9 Å². The number of hydrogen-bond acceptors (Lipinski definition) is 6. The number of nitrogens with one attached hydrogen (secondary N) is 1. The molecule has 10 heteroatoms. The van der Waals surface area contributed by atoms with Crippen LogP contribution in [0.1, 0.15) is 0 Å². The summed E-state index contributed by atoms with van der Waals surface area (Å²) in [4.78, 5) is 33.1. The molecule has 2 aromatic carbocycles. The van der Waals surface area contributed by atoms with Gasteiger partial charge < -0.3 is 15.5 Å². The fourth-order valence-electron chi connectivity index (χ4n) is 3.57. The fraction of sp³-hybridized carbons (Fsp3) is 0.0455. The third-order valence-corrected chi connectivity index (χ3v) is 6.03. The third-order valence-electron chi connectivity index (χ3n) is 5.08. The maximum atomic E-state index is 13.4. The number of methoxy groups -OCH3 is 1. The van der Waals surface area contributed by atoms with Gasteiger partial charge in [0.05, 0.1) is 24.0 Å². The average molecular weight is 466 g/mol. The van der Waals surface area contributed by atoms with E-state index >= 15 is 0 Å². The highest BCUT2D eigenvalue weighted by atomic mass is 35.5. The normalized spacial score (nSPS) is 11.2. The van der Waals surface area contributed by atoms with E-state index in [2.05, 4.69) is 9.97 Å². The topological polar surface area (TPSA) is 108 Å². The number of H-pyrrole nitrogens is 1. The zero-order chi connectivity index (χ0) is 22.4. The van der Waals surface area contributed by atoms with Crippen molar-refractivity contribution in [2.24, 2.45) is 0 Å². The van der Waals surface area contributed by atoms with Crippen LogP contribution < -0.4 is 21.7 Å². The van der Waals surface area contributed by atoms with Crippen molar-refractivity contribution in [1.82, 2.24) is 19.1 Å². The van der Waals surface area contributed by atoms with Crippen LogP contribution in [0.3, 0.4) is 0 Å². The summed E-state index contributed by atoms with van der Waals surface area (Å²) in [5, 5.41) is 2.66. The van der Waals surface area contributed by atoms with Crippen molar-refractivity contribution in [3.8, 4) is 28.4 Å². The number of nitrogen functional groups attached to an aromatic ring is 1. The number of nitrogens with two attached hydrogens (primary N) is 1.